The summed E-state index contributed by atoms with van der Waals surface area (Å²) in [5, 5.41) is 28.2. The first kappa shape index (κ1) is 12.2. The van der Waals surface area contributed by atoms with Crippen LogP contribution in [0.1, 0.15) is 26.2 Å². The molecule has 0 saturated carbocycles. The van der Waals surface area contributed by atoms with Crippen LogP contribution in [-0.2, 0) is 9.53 Å². The van der Waals surface area contributed by atoms with E-state index in [-0.39, 0.29) is 24.4 Å². The highest BCUT2D eigenvalue weighted by atomic mass is 16.5. The first-order valence-corrected chi connectivity index (χ1v) is 4.97. The number of aliphatic hydroxyl groups excluding tert-OH is 1. The summed E-state index contributed by atoms with van der Waals surface area (Å²) in [6.07, 6.45) is 0.870. The molecule has 5 heteroatoms. The molecule has 0 amide bonds. The fourth-order valence-corrected chi connectivity index (χ4v) is 1.54. The van der Waals surface area contributed by atoms with Crippen LogP contribution in [0.2, 0.25) is 0 Å². The van der Waals surface area contributed by atoms with E-state index < -0.39 is 11.5 Å². The van der Waals surface area contributed by atoms with E-state index in [2.05, 4.69) is 0 Å². The quantitative estimate of drug-likeness (QED) is 0.587. The Kier molecular flexibility index (Phi) is 3.84. The van der Waals surface area contributed by atoms with Gasteiger partial charge in [0.25, 0.3) is 0 Å². The van der Waals surface area contributed by atoms with Crippen LogP contribution >= 0.6 is 0 Å². The van der Waals surface area contributed by atoms with Crippen molar-refractivity contribution in [2.24, 2.45) is 0 Å². The van der Waals surface area contributed by atoms with Crippen molar-refractivity contribution in [1.29, 1.82) is 0 Å². The Labute approximate surface area is 88.0 Å². The third-order valence-electron chi connectivity index (χ3n) is 2.39. The second-order valence-corrected chi connectivity index (χ2v) is 3.56. The van der Waals surface area contributed by atoms with Crippen molar-refractivity contribution in [2.45, 2.75) is 32.0 Å². The van der Waals surface area contributed by atoms with Crippen LogP contribution in [0.4, 0.5) is 0 Å². The largest absolute Gasteiger partial charge is 0.506 e. The molecule has 5 nitrogen and oxygen atoms in total. The third-order valence-corrected chi connectivity index (χ3v) is 2.39. The zero-order valence-corrected chi connectivity index (χ0v) is 8.69. The molecule has 15 heavy (non-hydrogen) atoms. The molecule has 0 heterocycles. The van der Waals surface area contributed by atoms with Crippen molar-refractivity contribution in [1.82, 2.24) is 0 Å². The molecule has 0 spiro atoms. The van der Waals surface area contributed by atoms with Crippen LogP contribution in [0, 0.1) is 0 Å². The van der Waals surface area contributed by atoms with Gasteiger partial charge in [-0.3, -0.25) is 4.79 Å². The summed E-state index contributed by atoms with van der Waals surface area (Å²) >= 11 is 0. The molecule has 0 fully saturated rings. The number of ether oxygens (including phenoxy) is 1. The molecule has 0 saturated heterocycles. The maximum atomic E-state index is 11.5. The highest BCUT2D eigenvalue weighted by Crippen LogP contribution is 2.30. The summed E-state index contributed by atoms with van der Waals surface area (Å²) in [6, 6.07) is 0. The number of ketones is 1. The average Bonchev–Trinajstić information content (AvgIpc) is 2.18. The summed E-state index contributed by atoms with van der Waals surface area (Å²) in [7, 11) is 0. The molecule has 0 aliphatic heterocycles. The van der Waals surface area contributed by atoms with E-state index in [1.54, 1.807) is 6.92 Å². The van der Waals surface area contributed by atoms with Gasteiger partial charge < -0.3 is 20.1 Å². The molecule has 0 atom stereocenters. The van der Waals surface area contributed by atoms with E-state index in [4.69, 9.17) is 4.74 Å². The lowest BCUT2D eigenvalue weighted by atomic mass is 9.90. The maximum absolute atomic E-state index is 11.5. The van der Waals surface area contributed by atoms with Gasteiger partial charge in [-0.1, -0.05) is 0 Å². The van der Waals surface area contributed by atoms with Gasteiger partial charge in [0.15, 0.2) is 11.5 Å². The molecule has 1 aliphatic carbocycles. The zero-order chi connectivity index (χ0) is 11.5. The van der Waals surface area contributed by atoms with Crippen LogP contribution in [0.5, 0.6) is 0 Å². The van der Waals surface area contributed by atoms with E-state index in [1.807, 2.05) is 0 Å². The molecule has 1 aliphatic rings. The Morgan fingerprint density at radius 1 is 1.53 bits per heavy atom. The highest BCUT2D eigenvalue weighted by molar-refractivity contribution is 5.97. The molecule has 0 bridgehead atoms. The van der Waals surface area contributed by atoms with E-state index in [1.165, 1.54) is 0 Å². The number of aliphatic hydroxyl groups is 3. The monoisotopic (exact) mass is 216 g/mol. The molecule has 3 N–H and O–H groups in total. The standard InChI is InChI=1S/C10H16O5/c1-2-15-6-8(11)7-4-3-5-10(13,14)9(7)12/h12-14H,2-6H2,1H3. The Morgan fingerprint density at radius 2 is 2.20 bits per heavy atom. The minimum atomic E-state index is -2.25. The van der Waals surface area contributed by atoms with Gasteiger partial charge in [0.05, 0.1) is 0 Å². The van der Waals surface area contributed by atoms with Gasteiger partial charge in [-0.25, -0.2) is 0 Å². The second-order valence-electron chi connectivity index (χ2n) is 3.56. The van der Waals surface area contributed by atoms with Gasteiger partial charge in [-0.05, 0) is 19.8 Å². The van der Waals surface area contributed by atoms with Crippen LogP contribution in [-0.4, -0.2) is 40.1 Å². The van der Waals surface area contributed by atoms with Gasteiger partial charge in [0.2, 0.25) is 5.79 Å². The summed E-state index contributed by atoms with van der Waals surface area (Å²) in [5.74, 6) is -3.27. The SMILES string of the molecule is CCOCC(=O)C1=C(O)C(O)(O)CCC1. The van der Waals surface area contributed by atoms with E-state index >= 15 is 0 Å². The molecule has 0 aromatic heterocycles. The molecular formula is C10H16O5. The Bertz CT molecular complexity index is 280. The smallest absolute Gasteiger partial charge is 0.222 e. The van der Waals surface area contributed by atoms with Crippen LogP contribution in [0.25, 0.3) is 0 Å². The van der Waals surface area contributed by atoms with Gasteiger partial charge in [-0.15, -0.1) is 0 Å². The number of Topliss-reactive ketones (excluding diaryl/α,β-unsaturated/α-hetero) is 1. The number of hydrogen-bond acceptors (Lipinski definition) is 5. The maximum Gasteiger partial charge on any atom is 0.222 e. The predicted molar refractivity (Wildman–Crippen MR) is 52.2 cm³/mol. The van der Waals surface area contributed by atoms with Crippen molar-refractivity contribution in [3.63, 3.8) is 0 Å². The molecule has 0 aromatic rings. The number of rotatable bonds is 4. The molecule has 0 radical (unpaired) electrons. The van der Waals surface area contributed by atoms with Crippen LogP contribution in [0.3, 0.4) is 0 Å². The van der Waals surface area contributed by atoms with E-state index in [0.29, 0.717) is 19.4 Å². The van der Waals surface area contributed by atoms with Gasteiger partial charge in [0.1, 0.15) is 6.61 Å². The van der Waals surface area contributed by atoms with E-state index in [0.717, 1.165) is 0 Å². The normalized spacial score (nSPS) is 20.5. The van der Waals surface area contributed by atoms with Gasteiger partial charge in [-0.2, -0.15) is 0 Å². The number of carbonyl (C=O) groups excluding carboxylic acids is 1. The lowest BCUT2D eigenvalue weighted by Gasteiger charge is -2.27. The van der Waals surface area contributed by atoms with Crippen molar-refractivity contribution in [3.05, 3.63) is 11.3 Å². The molecular weight excluding hydrogens is 200 g/mol. The zero-order valence-electron chi connectivity index (χ0n) is 8.69. The van der Waals surface area contributed by atoms with Crippen molar-refractivity contribution >= 4 is 5.78 Å². The minimum Gasteiger partial charge on any atom is -0.506 e. The molecule has 86 valence electrons. The Hall–Kier alpha value is -0.910. The molecule has 0 unspecified atom stereocenters. The molecule has 1 rings (SSSR count). The van der Waals surface area contributed by atoms with E-state index in [9.17, 15) is 20.1 Å². The lowest BCUT2D eigenvalue weighted by Crippen LogP contribution is -2.36. The fraction of sp³-hybridized carbons (Fsp3) is 0.700. The van der Waals surface area contributed by atoms with Crippen molar-refractivity contribution in [3.8, 4) is 0 Å². The highest BCUT2D eigenvalue weighted by Gasteiger charge is 2.36. The lowest BCUT2D eigenvalue weighted by molar-refractivity contribution is -0.163. The van der Waals surface area contributed by atoms with Gasteiger partial charge >= 0.3 is 0 Å². The predicted octanol–water partition coefficient (Wildman–Crippen LogP) is 0.269. The number of hydrogen-bond donors (Lipinski definition) is 3. The van der Waals surface area contributed by atoms with Crippen molar-refractivity contribution < 1.29 is 24.9 Å². The summed E-state index contributed by atoms with van der Waals surface area (Å²) in [6.45, 7) is 2.03. The first-order chi connectivity index (χ1) is 6.99. The summed E-state index contributed by atoms with van der Waals surface area (Å²) < 4.78 is 4.91. The van der Waals surface area contributed by atoms with Crippen molar-refractivity contribution in [2.75, 3.05) is 13.2 Å². The third kappa shape index (κ3) is 2.77. The summed E-state index contributed by atoms with van der Waals surface area (Å²) in [5.41, 5.74) is 0.0692. The Morgan fingerprint density at radius 3 is 2.80 bits per heavy atom. The average molecular weight is 216 g/mol. The molecule has 0 aromatic carbocycles. The fourth-order valence-electron chi connectivity index (χ4n) is 1.54. The van der Waals surface area contributed by atoms with Crippen LogP contribution in [0.15, 0.2) is 11.3 Å². The Balaban J connectivity index is 2.79. The first-order valence-electron chi connectivity index (χ1n) is 4.97. The summed E-state index contributed by atoms with van der Waals surface area (Å²) in [4.78, 5) is 11.5. The minimum absolute atomic E-state index is 0.0459. The van der Waals surface area contributed by atoms with Crippen LogP contribution < -0.4 is 0 Å². The number of carbonyl (C=O) groups is 1. The van der Waals surface area contributed by atoms with Gasteiger partial charge in [0, 0.05) is 18.6 Å². The topological polar surface area (TPSA) is 87.0 Å². The second kappa shape index (κ2) is 4.74.